The second-order valence-corrected chi connectivity index (χ2v) is 7.24. The van der Waals surface area contributed by atoms with Crippen molar-refractivity contribution in [2.45, 2.75) is 0 Å². The van der Waals surface area contributed by atoms with Crippen LogP contribution < -0.4 is 0 Å². The van der Waals surface area contributed by atoms with Gasteiger partial charge in [0.2, 0.25) is 0 Å². The van der Waals surface area contributed by atoms with E-state index in [2.05, 4.69) is 11.6 Å². The molecule has 0 saturated carbocycles. The molecule has 0 unspecified atom stereocenters. The van der Waals surface area contributed by atoms with E-state index >= 15 is 0 Å². The highest BCUT2D eigenvalue weighted by atomic mass is 35.5. The van der Waals surface area contributed by atoms with Crippen LogP contribution in [0.5, 0.6) is 5.75 Å². The number of amides is 1. The van der Waals surface area contributed by atoms with Gasteiger partial charge in [-0.1, -0.05) is 35.3 Å². The molecule has 132 valence electrons. The number of hydrogen-bond donors (Lipinski definition) is 1. The SMILES string of the molecule is C=CCN1C(=O)/C(=C/c2ccc(Cl)cc2Cl)SC1=Nc1ccc(O)cc1. The molecule has 3 rings (SSSR count). The van der Waals surface area contributed by atoms with Gasteiger partial charge >= 0.3 is 0 Å². The fourth-order valence-electron chi connectivity index (χ4n) is 2.28. The van der Waals surface area contributed by atoms with Gasteiger partial charge in [-0.05, 0) is 59.8 Å². The van der Waals surface area contributed by atoms with Crippen molar-refractivity contribution in [3.63, 3.8) is 0 Å². The summed E-state index contributed by atoms with van der Waals surface area (Å²) in [6, 6.07) is 11.6. The Morgan fingerprint density at radius 1 is 1.19 bits per heavy atom. The molecule has 0 bridgehead atoms. The van der Waals surface area contributed by atoms with E-state index in [-0.39, 0.29) is 11.7 Å². The Labute approximate surface area is 165 Å². The maximum atomic E-state index is 12.7. The second-order valence-electron chi connectivity index (χ2n) is 5.39. The quantitative estimate of drug-likeness (QED) is 0.541. The van der Waals surface area contributed by atoms with E-state index in [0.717, 1.165) is 0 Å². The molecular formula is C19H14Cl2N2O2S. The fraction of sp³-hybridized carbons (Fsp3) is 0.0526. The van der Waals surface area contributed by atoms with E-state index in [4.69, 9.17) is 23.2 Å². The van der Waals surface area contributed by atoms with E-state index < -0.39 is 0 Å². The van der Waals surface area contributed by atoms with Gasteiger partial charge in [0.1, 0.15) is 5.75 Å². The largest absolute Gasteiger partial charge is 0.508 e. The first-order valence-corrected chi connectivity index (χ1v) is 9.20. The number of nitrogens with zero attached hydrogens (tertiary/aromatic N) is 2. The van der Waals surface area contributed by atoms with Crippen LogP contribution in [0, 0.1) is 0 Å². The van der Waals surface area contributed by atoms with Crippen molar-refractivity contribution < 1.29 is 9.90 Å². The number of carbonyl (C=O) groups is 1. The maximum absolute atomic E-state index is 12.7. The van der Waals surface area contributed by atoms with E-state index in [1.807, 2.05) is 0 Å². The van der Waals surface area contributed by atoms with Gasteiger partial charge in [-0.15, -0.1) is 6.58 Å². The van der Waals surface area contributed by atoms with Crippen LogP contribution in [0.4, 0.5) is 5.69 Å². The Morgan fingerprint density at radius 3 is 2.58 bits per heavy atom. The van der Waals surface area contributed by atoms with E-state index in [0.29, 0.717) is 37.9 Å². The van der Waals surface area contributed by atoms with Crippen molar-refractivity contribution in [3.05, 3.63) is 75.6 Å². The van der Waals surface area contributed by atoms with Crippen LogP contribution >= 0.6 is 35.0 Å². The highest BCUT2D eigenvalue weighted by Gasteiger charge is 2.32. The lowest BCUT2D eigenvalue weighted by Crippen LogP contribution is -2.29. The molecule has 0 aromatic heterocycles. The number of aromatic hydroxyl groups is 1. The minimum atomic E-state index is -0.168. The Morgan fingerprint density at radius 2 is 1.92 bits per heavy atom. The molecule has 1 aliphatic heterocycles. The summed E-state index contributed by atoms with van der Waals surface area (Å²) in [5.74, 6) is -0.0107. The molecular weight excluding hydrogens is 391 g/mol. The number of halogens is 2. The van der Waals surface area contributed by atoms with Gasteiger partial charge in [0.25, 0.3) is 5.91 Å². The van der Waals surface area contributed by atoms with Crippen molar-refractivity contribution >= 4 is 57.8 Å². The highest BCUT2D eigenvalue weighted by molar-refractivity contribution is 8.18. The third-order valence-corrected chi connectivity index (χ3v) is 5.09. The monoisotopic (exact) mass is 404 g/mol. The van der Waals surface area contributed by atoms with Crippen molar-refractivity contribution in [1.29, 1.82) is 0 Å². The number of hydrogen-bond acceptors (Lipinski definition) is 4. The smallest absolute Gasteiger partial charge is 0.267 e. The van der Waals surface area contributed by atoms with Crippen molar-refractivity contribution in [3.8, 4) is 5.75 Å². The lowest BCUT2D eigenvalue weighted by atomic mass is 10.2. The number of rotatable bonds is 4. The number of phenols is 1. The molecule has 1 aliphatic rings. The number of benzene rings is 2. The van der Waals surface area contributed by atoms with Gasteiger partial charge in [-0.2, -0.15) is 0 Å². The van der Waals surface area contributed by atoms with Crippen LogP contribution in [0.3, 0.4) is 0 Å². The lowest BCUT2D eigenvalue weighted by molar-refractivity contribution is -0.121. The third-order valence-electron chi connectivity index (χ3n) is 3.52. The van der Waals surface area contributed by atoms with Gasteiger partial charge in [-0.3, -0.25) is 9.69 Å². The predicted molar refractivity (Wildman–Crippen MR) is 109 cm³/mol. The molecule has 2 aromatic carbocycles. The summed E-state index contributed by atoms with van der Waals surface area (Å²) in [7, 11) is 0. The predicted octanol–water partition coefficient (Wildman–Crippen LogP) is 5.49. The van der Waals surface area contributed by atoms with Crippen molar-refractivity contribution in [2.75, 3.05) is 6.54 Å². The summed E-state index contributed by atoms with van der Waals surface area (Å²) < 4.78 is 0. The molecule has 26 heavy (non-hydrogen) atoms. The van der Waals surface area contributed by atoms with Crippen molar-refractivity contribution in [2.24, 2.45) is 4.99 Å². The van der Waals surface area contributed by atoms with Gasteiger partial charge in [0, 0.05) is 16.6 Å². The van der Waals surface area contributed by atoms with Crippen LogP contribution in [-0.4, -0.2) is 27.6 Å². The van der Waals surface area contributed by atoms with Crippen LogP contribution in [-0.2, 0) is 4.79 Å². The average molecular weight is 405 g/mol. The zero-order valence-electron chi connectivity index (χ0n) is 13.5. The molecule has 1 saturated heterocycles. The molecule has 2 aromatic rings. The second kappa shape index (κ2) is 7.99. The first-order valence-electron chi connectivity index (χ1n) is 7.63. The van der Waals surface area contributed by atoms with Crippen LogP contribution in [0.25, 0.3) is 6.08 Å². The number of thioether (sulfide) groups is 1. The summed E-state index contributed by atoms with van der Waals surface area (Å²) in [4.78, 5) is 19.3. The van der Waals surface area contributed by atoms with Crippen LogP contribution in [0.1, 0.15) is 5.56 Å². The van der Waals surface area contributed by atoms with Crippen LogP contribution in [0.2, 0.25) is 10.0 Å². The first-order chi connectivity index (χ1) is 12.5. The summed E-state index contributed by atoms with van der Waals surface area (Å²) in [6.07, 6.45) is 3.37. The average Bonchev–Trinajstić information content (AvgIpc) is 2.89. The normalized spacial score (nSPS) is 17.3. The van der Waals surface area contributed by atoms with Gasteiger partial charge in [0.05, 0.1) is 10.6 Å². The molecule has 1 amide bonds. The van der Waals surface area contributed by atoms with Crippen LogP contribution in [0.15, 0.2) is 65.0 Å². The van der Waals surface area contributed by atoms with Crippen molar-refractivity contribution in [1.82, 2.24) is 4.90 Å². The topological polar surface area (TPSA) is 52.9 Å². The third kappa shape index (κ3) is 4.12. The molecule has 7 heteroatoms. The molecule has 1 N–H and O–H groups in total. The maximum Gasteiger partial charge on any atom is 0.267 e. The fourth-order valence-corrected chi connectivity index (χ4v) is 3.74. The Hall–Kier alpha value is -2.21. The minimum absolute atomic E-state index is 0.157. The van der Waals surface area contributed by atoms with E-state index in [1.165, 1.54) is 11.8 Å². The zero-order chi connectivity index (χ0) is 18.7. The minimum Gasteiger partial charge on any atom is -0.508 e. The first kappa shape index (κ1) is 18.6. The summed E-state index contributed by atoms with van der Waals surface area (Å²) in [6.45, 7) is 4.04. The Kier molecular flexibility index (Phi) is 5.71. The molecule has 0 radical (unpaired) electrons. The molecule has 0 atom stereocenters. The number of phenolic OH excluding ortho intramolecular Hbond substituents is 1. The Balaban J connectivity index is 1.96. The zero-order valence-corrected chi connectivity index (χ0v) is 15.9. The lowest BCUT2D eigenvalue weighted by Gasteiger charge is -2.12. The molecule has 1 heterocycles. The summed E-state index contributed by atoms with van der Waals surface area (Å²) in [5.41, 5.74) is 1.34. The molecule has 0 aliphatic carbocycles. The number of aliphatic imine (C=N–C) groups is 1. The standard InChI is InChI=1S/C19H14Cl2N2O2S/c1-2-9-23-18(25)17(10-12-3-4-13(20)11-16(12)21)26-19(23)22-14-5-7-15(24)8-6-14/h2-8,10-11,24H,1,9H2/b17-10-,22-19?. The Bertz CT molecular complexity index is 924. The highest BCUT2D eigenvalue weighted by Crippen LogP contribution is 2.35. The van der Waals surface area contributed by atoms with E-state index in [9.17, 15) is 9.90 Å². The molecule has 1 fully saturated rings. The van der Waals surface area contributed by atoms with Gasteiger partial charge in [-0.25, -0.2) is 4.99 Å². The summed E-state index contributed by atoms with van der Waals surface area (Å²) in [5, 5.41) is 10.9. The molecule has 4 nitrogen and oxygen atoms in total. The number of carbonyl (C=O) groups excluding carboxylic acids is 1. The summed E-state index contributed by atoms with van der Waals surface area (Å²) >= 11 is 13.4. The van der Waals surface area contributed by atoms with Gasteiger partial charge < -0.3 is 5.11 Å². The van der Waals surface area contributed by atoms with Gasteiger partial charge in [0.15, 0.2) is 5.17 Å². The van der Waals surface area contributed by atoms with E-state index in [1.54, 1.807) is 59.5 Å². The number of amidine groups is 1. The molecule has 0 spiro atoms.